The second-order valence-corrected chi connectivity index (χ2v) is 4.12. The first-order valence-corrected chi connectivity index (χ1v) is 5.60. The number of thioether (sulfide) groups is 1. The molecule has 1 aromatic heterocycles. The number of halogens is 2. The molecule has 86 valence electrons. The van der Waals surface area contributed by atoms with E-state index in [-0.39, 0.29) is 11.3 Å². The molecule has 1 atom stereocenters. The molecular weight excluding hydrogens is 238 g/mol. The van der Waals surface area contributed by atoms with Crippen molar-refractivity contribution in [3.05, 3.63) is 17.8 Å². The van der Waals surface area contributed by atoms with Gasteiger partial charge >= 0.3 is 5.92 Å². The third-order valence-corrected chi connectivity index (χ3v) is 2.95. The van der Waals surface area contributed by atoms with Crippen LogP contribution in [-0.4, -0.2) is 28.2 Å². The lowest BCUT2D eigenvalue weighted by molar-refractivity contribution is -0.159. The fraction of sp³-hybridized carbons (Fsp3) is 0.333. The van der Waals surface area contributed by atoms with Crippen LogP contribution < -0.4 is 5.32 Å². The number of carbonyl (C=O) groups excluding carboxylic acids is 1. The highest BCUT2D eigenvalue weighted by molar-refractivity contribution is 7.98. The van der Waals surface area contributed by atoms with Gasteiger partial charge in [0.25, 0.3) is 5.91 Å². The number of aliphatic hydroxyl groups excluding tert-OH is 1. The van der Waals surface area contributed by atoms with Gasteiger partial charge in [-0.25, -0.2) is 4.98 Å². The molecule has 2 N–H and O–H groups in total. The molecule has 16 heavy (non-hydrogen) atoms. The Hall–Kier alpha value is -1.21. The van der Waals surface area contributed by atoms with Gasteiger partial charge in [0.15, 0.2) is 6.10 Å². The fourth-order valence-corrected chi connectivity index (χ4v) is 1.80. The second kappa shape index (κ2) is 3.67. The fourth-order valence-electron chi connectivity index (χ4n) is 1.41. The zero-order chi connectivity index (χ0) is 11.9. The van der Waals surface area contributed by atoms with Crippen molar-refractivity contribution in [2.75, 3.05) is 11.6 Å². The Bertz CT molecular complexity index is 453. The smallest absolute Gasteiger partial charge is 0.354 e. The van der Waals surface area contributed by atoms with E-state index in [1.54, 1.807) is 6.26 Å². The number of anilines is 1. The predicted molar refractivity (Wildman–Crippen MR) is 54.6 cm³/mol. The summed E-state index contributed by atoms with van der Waals surface area (Å²) in [6, 6.07) is 1.45. The molecule has 0 aliphatic carbocycles. The highest BCUT2D eigenvalue weighted by Crippen LogP contribution is 2.40. The molecule has 0 radical (unpaired) electrons. The Kier molecular flexibility index (Phi) is 2.59. The molecular formula is C9H8F2N2O2S. The van der Waals surface area contributed by atoms with Gasteiger partial charge in [0.05, 0.1) is 10.7 Å². The number of nitrogens with one attached hydrogen (secondary N) is 1. The van der Waals surface area contributed by atoms with Crippen LogP contribution >= 0.6 is 11.8 Å². The molecule has 0 aromatic carbocycles. The van der Waals surface area contributed by atoms with Crippen LogP contribution in [0.3, 0.4) is 0 Å². The lowest BCUT2D eigenvalue weighted by Gasteiger charge is -2.28. The normalized spacial score (nSPS) is 22.5. The molecule has 0 spiro atoms. The van der Waals surface area contributed by atoms with E-state index in [2.05, 4.69) is 10.3 Å². The van der Waals surface area contributed by atoms with Crippen molar-refractivity contribution >= 4 is 23.4 Å². The maximum atomic E-state index is 13.2. The summed E-state index contributed by atoms with van der Waals surface area (Å²) in [6.45, 7) is 0. The van der Waals surface area contributed by atoms with E-state index in [9.17, 15) is 18.7 Å². The number of aliphatic hydroxyl groups is 1. The van der Waals surface area contributed by atoms with E-state index in [4.69, 9.17) is 0 Å². The molecule has 0 fully saturated rings. The molecule has 7 heteroatoms. The Morgan fingerprint density at radius 3 is 2.94 bits per heavy atom. The largest absolute Gasteiger partial charge is 0.381 e. The first-order valence-electron chi connectivity index (χ1n) is 4.38. The average Bonchev–Trinajstić information content (AvgIpc) is 2.26. The molecule has 1 aliphatic rings. The number of hydrogen-bond acceptors (Lipinski definition) is 4. The van der Waals surface area contributed by atoms with Crippen molar-refractivity contribution in [2.24, 2.45) is 0 Å². The quantitative estimate of drug-likeness (QED) is 0.736. The van der Waals surface area contributed by atoms with E-state index >= 15 is 0 Å². The van der Waals surface area contributed by atoms with Gasteiger partial charge in [0, 0.05) is 11.8 Å². The highest BCUT2D eigenvalue weighted by Gasteiger charge is 2.51. The van der Waals surface area contributed by atoms with Crippen molar-refractivity contribution in [3.63, 3.8) is 0 Å². The number of carbonyl (C=O) groups is 1. The maximum Gasteiger partial charge on any atom is 0.354 e. The lowest BCUT2D eigenvalue weighted by Crippen LogP contribution is -2.44. The monoisotopic (exact) mass is 246 g/mol. The number of hydrogen-bond donors (Lipinski definition) is 2. The van der Waals surface area contributed by atoms with Crippen molar-refractivity contribution in [1.82, 2.24) is 4.98 Å². The van der Waals surface area contributed by atoms with Gasteiger partial charge in [-0.05, 0) is 12.3 Å². The molecule has 1 aromatic rings. The number of fused-ring (bicyclic) bond motifs is 1. The molecule has 1 amide bonds. The number of nitrogens with zero attached hydrogens (tertiary/aromatic N) is 1. The van der Waals surface area contributed by atoms with Crippen molar-refractivity contribution in [1.29, 1.82) is 0 Å². The second-order valence-electron chi connectivity index (χ2n) is 3.29. The number of rotatable bonds is 1. The highest BCUT2D eigenvalue weighted by atomic mass is 32.2. The van der Waals surface area contributed by atoms with E-state index in [1.807, 2.05) is 0 Å². The van der Waals surface area contributed by atoms with Crippen LogP contribution in [0.15, 0.2) is 17.3 Å². The Labute approximate surface area is 94.1 Å². The van der Waals surface area contributed by atoms with Crippen molar-refractivity contribution in [3.8, 4) is 0 Å². The van der Waals surface area contributed by atoms with Gasteiger partial charge in [-0.15, -0.1) is 11.8 Å². The van der Waals surface area contributed by atoms with Crippen molar-refractivity contribution < 1.29 is 18.7 Å². The van der Waals surface area contributed by atoms with Gasteiger partial charge in [-0.1, -0.05) is 0 Å². The topological polar surface area (TPSA) is 62.2 Å². The van der Waals surface area contributed by atoms with Gasteiger partial charge in [0.1, 0.15) is 0 Å². The molecule has 0 bridgehead atoms. The third-order valence-electron chi connectivity index (χ3n) is 2.31. The summed E-state index contributed by atoms with van der Waals surface area (Å²) in [6.07, 6.45) is 0.781. The number of amides is 1. The third kappa shape index (κ3) is 1.56. The van der Waals surface area contributed by atoms with E-state index in [1.165, 1.54) is 17.8 Å². The van der Waals surface area contributed by atoms with Crippen molar-refractivity contribution in [2.45, 2.75) is 17.1 Å². The van der Waals surface area contributed by atoms with Crippen LogP contribution in [0.5, 0.6) is 0 Å². The zero-order valence-electron chi connectivity index (χ0n) is 8.20. The van der Waals surface area contributed by atoms with E-state index in [0.29, 0.717) is 5.03 Å². The summed E-state index contributed by atoms with van der Waals surface area (Å²) in [7, 11) is 0. The summed E-state index contributed by atoms with van der Waals surface area (Å²) in [5, 5.41) is 12.0. The first-order chi connectivity index (χ1) is 7.46. The number of aromatic nitrogens is 1. The predicted octanol–water partition coefficient (Wildman–Crippen LogP) is 1.42. The summed E-state index contributed by atoms with van der Waals surface area (Å²) in [5.74, 6) is -5.30. The Balaban J connectivity index is 2.51. The van der Waals surface area contributed by atoms with Gasteiger partial charge in [-0.3, -0.25) is 4.79 Å². The number of pyridine rings is 1. The van der Waals surface area contributed by atoms with Crippen LogP contribution in [0.1, 0.15) is 11.7 Å². The van der Waals surface area contributed by atoms with Crippen LogP contribution in [0.2, 0.25) is 0 Å². The Morgan fingerprint density at radius 2 is 2.31 bits per heavy atom. The minimum Gasteiger partial charge on any atom is -0.381 e. The molecule has 1 unspecified atom stereocenters. The SMILES string of the molecule is CSc1cc2c(cn1)C(O)C(F)(F)C(=O)N2. The van der Waals surface area contributed by atoms with Crippen LogP contribution in [0.25, 0.3) is 0 Å². The molecule has 2 heterocycles. The van der Waals surface area contributed by atoms with Gasteiger partial charge in [0.2, 0.25) is 0 Å². The standard InChI is InChI=1S/C9H8F2N2O2S/c1-16-6-2-5-4(3-12-6)7(14)9(10,11)8(15)13-5/h2-3,7,14H,1H3,(H,13,15). The Morgan fingerprint density at radius 1 is 1.62 bits per heavy atom. The minimum absolute atomic E-state index is 0.0672. The van der Waals surface area contributed by atoms with Crippen LogP contribution in [0, 0.1) is 0 Å². The zero-order valence-corrected chi connectivity index (χ0v) is 9.02. The number of alkyl halides is 2. The lowest BCUT2D eigenvalue weighted by atomic mass is 9.99. The first kappa shape index (κ1) is 11.3. The summed E-state index contributed by atoms with van der Waals surface area (Å²) in [5.41, 5.74) is 0.116. The summed E-state index contributed by atoms with van der Waals surface area (Å²) < 4.78 is 26.3. The van der Waals surface area contributed by atoms with E-state index < -0.39 is 17.9 Å². The van der Waals surface area contributed by atoms with Crippen LogP contribution in [-0.2, 0) is 4.79 Å². The van der Waals surface area contributed by atoms with Crippen LogP contribution in [0.4, 0.5) is 14.5 Å². The van der Waals surface area contributed by atoms with Gasteiger partial charge in [-0.2, -0.15) is 8.78 Å². The molecule has 4 nitrogen and oxygen atoms in total. The molecule has 2 rings (SSSR count). The molecule has 1 aliphatic heterocycles. The average molecular weight is 246 g/mol. The maximum absolute atomic E-state index is 13.2. The van der Waals surface area contributed by atoms with Gasteiger partial charge < -0.3 is 10.4 Å². The minimum atomic E-state index is -3.81. The molecule has 0 saturated carbocycles. The summed E-state index contributed by atoms with van der Waals surface area (Å²) >= 11 is 1.31. The summed E-state index contributed by atoms with van der Waals surface area (Å²) in [4.78, 5) is 14.9. The molecule has 0 saturated heterocycles. The van der Waals surface area contributed by atoms with E-state index in [0.717, 1.165) is 6.20 Å².